The van der Waals surface area contributed by atoms with E-state index in [0.29, 0.717) is 23.4 Å². The number of benzene rings is 3. The molecule has 44 heavy (non-hydrogen) atoms. The summed E-state index contributed by atoms with van der Waals surface area (Å²) >= 11 is 0. The van der Waals surface area contributed by atoms with Gasteiger partial charge in [-0.2, -0.15) is 5.21 Å². The van der Waals surface area contributed by atoms with Gasteiger partial charge in [-0.05, 0) is 52.4 Å². The maximum Gasteiger partial charge on any atom is 0.204 e. The summed E-state index contributed by atoms with van der Waals surface area (Å²) in [6, 6.07) is 31.2. The second kappa shape index (κ2) is 14.3. The highest BCUT2D eigenvalue weighted by molar-refractivity contribution is 5.98. The normalized spacial score (nSPS) is 13.1. The molecule has 5 aromatic rings. The van der Waals surface area contributed by atoms with E-state index in [1.807, 2.05) is 67.6 Å². The molecule has 2 aromatic heterocycles. The van der Waals surface area contributed by atoms with E-state index in [4.69, 9.17) is 0 Å². The molecule has 9 heteroatoms. The number of carbonyl (C=O) groups is 3. The minimum atomic E-state index is -1.40. The van der Waals surface area contributed by atoms with Crippen LogP contribution in [0.4, 0.5) is 0 Å². The largest absolute Gasteiger partial charge is 0.385 e. The molecule has 0 aliphatic carbocycles. The Hall–Kier alpha value is -5.15. The van der Waals surface area contributed by atoms with Crippen molar-refractivity contribution in [2.75, 3.05) is 0 Å². The number of pyridine rings is 1. The van der Waals surface area contributed by atoms with Crippen molar-refractivity contribution in [1.29, 1.82) is 0 Å². The van der Waals surface area contributed by atoms with E-state index in [9.17, 15) is 19.5 Å². The highest BCUT2D eigenvalue weighted by atomic mass is 16.3. The molecule has 0 saturated heterocycles. The fourth-order valence-electron chi connectivity index (χ4n) is 5.26. The molecular weight excluding hydrogens is 554 g/mol. The summed E-state index contributed by atoms with van der Waals surface area (Å²) in [6.07, 6.45) is -0.976. The van der Waals surface area contributed by atoms with Gasteiger partial charge in [0.2, 0.25) is 5.82 Å². The highest BCUT2D eigenvalue weighted by Gasteiger charge is 2.29. The summed E-state index contributed by atoms with van der Waals surface area (Å²) in [7, 11) is 0. The number of aromatic nitrogens is 5. The standard InChI is InChI=1S/C35H33N5O4/c1-23(26-13-6-3-7-14-26)18-31(41)29-16-9-17-30(36-29)32(42)22-28(19-24-10-4-2-5-11-24)34(44)33(43)21-25-12-8-15-27(20-25)35-37-39-40-38-35/h2-17,20,23,28,34,44H,18-19,21-22H2,1H3,(H,37,38,39,40)/t23-,28?,34-/m0/s1. The van der Waals surface area contributed by atoms with Gasteiger partial charge >= 0.3 is 0 Å². The number of aliphatic hydroxyl groups is 1. The number of aromatic amines is 1. The number of aliphatic hydroxyl groups excluding tert-OH is 1. The van der Waals surface area contributed by atoms with E-state index in [1.54, 1.807) is 42.5 Å². The van der Waals surface area contributed by atoms with Crippen LogP contribution < -0.4 is 0 Å². The van der Waals surface area contributed by atoms with E-state index < -0.39 is 17.8 Å². The predicted octanol–water partition coefficient (Wildman–Crippen LogP) is 5.24. The lowest BCUT2D eigenvalue weighted by Gasteiger charge is -2.22. The summed E-state index contributed by atoms with van der Waals surface area (Å²) in [5, 5.41) is 25.2. The van der Waals surface area contributed by atoms with Crippen molar-refractivity contribution in [3.63, 3.8) is 0 Å². The van der Waals surface area contributed by atoms with Crippen molar-refractivity contribution in [2.24, 2.45) is 5.92 Å². The molecule has 1 unspecified atom stereocenters. The first kappa shape index (κ1) is 30.3. The van der Waals surface area contributed by atoms with Gasteiger partial charge < -0.3 is 5.11 Å². The first-order valence-electron chi connectivity index (χ1n) is 14.5. The minimum Gasteiger partial charge on any atom is -0.385 e. The van der Waals surface area contributed by atoms with Crippen LogP contribution in [0, 0.1) is 5.92 Å². The van der Waals surface area contributed by atoms with Crippen LogP contribution in [0.2, 0.25) is 0 Å². The van der Waals surface area contributed by atoms with Crippen molar-refractivity contribution in [2.45, 2.75) is 44.6 Å². The van der Waals surface area contributed by atoms with Crippen molar-refractivity contribution >= 4 is 17.3 Å². The van der Waals surface area contributed by atoms with Crippen LogP contribution in [-0.2, 0) is 17.6 Å². The fraction of sp³-hybridized carbons (Fsp3) is 0.229. The van der Waals surface area contributed by atoms with Crippen LogP contribution >= 0.6 is 0 Å². The van der Waals surface area contributed by atoms with Crippen molar-refractivity contribution in [3.8, 4) is 11.4 Å². The first-order valence-corrected chi connectivity index (χ1v) is 14.5. The molecule has 222 valence electrons. The van der Waals surface area contributed by atoms with Gasteiger partial charge in [-0.15, -0.1) is 10.2 Å². The van der Waals surface area contributed by atoms with Crippen molar-refractivity contribution in [1.82, 2.24) is 25.6 Å². The second-order valence-corrected chi connectivity index (χ2v) is 10.9. The Balaban J connectivity index is 1.30. The number of nitrogens with zero attached hydrogens (tertiary/aromatic N) is 4. The molecule has 0 spiro atoms. The Bertz CT molecular complexity index is 1710. The molecule has 2 heterocycles. The van der Waals surface area contributed by atoms with Gasteiger partial charge in [0.1, 0.15) is 17.5 Å². The molecule has 0 amide bonds. The Morgan fingerprint density at radius 1 is 0.773 bits per heavy atom. The summed E-state index contributed by atoms with van der Waals surface area (Å²) in [6.45, 7) is 1.98. The van der Waals surface area contributed by atoms with E-state index in [2.05, 4.69) is 25.6 Å². The zero-order chi connectivity index (χ0) is 30.9. The third kappa shape index (κ3) is 7.81. The van der Waals surface area contributed by atoms with E-state index in [0.717, 1.165) is 11.1 Å². The van der Waals surface area contributed by atoms with E-state index >= 15 is 0 Å². The Labute approximate surface area is 255 Å². The monoisotopic (exact) mass is 587 g/mol. The van der Waals surface area contributed by atoms with Crippen LogP contribution in [0.3, 0.4) is 0 Å². The summed E-state index contributed by atoms with van der Waals surface area (Å²) in [4.78, 5) is 44.3. The lowest BCUT2D eigenvalue weighted by Crippen LogP contribution is -2.34. The van der Waals surface area contributed by atoms with Gasteiger partial charge in [0, 0.05) is 30.7 Å². The van der Waals surface area contributed by atoms with Crippen LogP contribution in [-0.4, -0.2) is 54.2 Å². The number of ketones is 3. The van der Waals surface area contributed by atoms with Gasteiger partial charge in [-0.1, -0.05) is 91.9 Å². The SMILES string of the molecule is C[C@@H](CC(=O)c1cccc(C(=O)CC(Cc2ccccc2)[C@H](O)C(=O)Cc2cccc(-c3nn[nH]n3)c2)n1)c1ccccc1. The number of nitrogens with one attached hydrogen (secondary N) is 1. The lowest BCUT2D eigenvalue weighted by atomic mass is 9.85. The molecule has 5 rings (SSSR count). The van der Waals surface area contributed by atoms with Gasteiger partial charge in [0.25, 0.3) is 0 Å². The second-order valence-electron chi connectivity index (χ2n) is 10.9. The number of Topliss-reactive ketones (excluding diaryl/α,β-unsaturated/α-hetero) is 3. The Kier molecular flexibility index (Phi) is 9.89. The number of rotatable bonds is 14. The molecule has 0 radical (unpaired) electrons. The molecule has 3 aromatic carbocycles. The molecule has 0 bridgehead atoms. The van der Waals surface area contributed by atoms with E-state index in [-0.39, 0.29) is 48.1 Å². The average molecular weight is 588 g/mol. The van der Waals surface area contributed by atoms with Crippen LogP contribution in [0.15, 0.2) is 103 Å². The minimum absolute atomic E-state index is 0.00539. The molecule has 0 aliphatic rings. The molecule has 2 N–H and O–H groups in total. The maximum absolute atomic E-state index is 13.5. The first-order chi connectivity index (χ1) is 21.4. The molecule has 3 atom stereocenters. The molecule has 0 aliphatic heterocycles. The van der Waals surface area contributed by atoms with Crippen LogP contribution in [0.5, 0.6) is 0 Å². The maximum atomic E-state index is 13.5. The average Bonchev–Trinajstić information content (AvgIpc) is 3.60. The quantitative estimate of drug-likeness (QED) is 0.168. The smallest absolute Gasteiger partial charge is 0.204 e. The van der Waals surface area contributed by atoms with Gasteiger partial charge in [0.05, 0.1) is 0 Å². The topological polar surface area (TPSA) is 139 Å². The molecule has 9 nitrogen and oxygen atoms in total. The molecule has 0 fully saturated rings. The third-order valence-electron chi connectivity index (χ3n) is 7.65. The Morgan fingerprint density at radius 2 is 1.41 bits per heavy atom. The molecule has 0 saturated carbocycles. The van der Waals surface area contributed by atoms with E-state index in [1.165, 1.54) is 0 Å². The number of hydrogen-bond acceptors (Lipinski definition) is 8. The summed E-state index contributed by atoms with van der Waals surface area (Å²) < 4.78 is 0. The highest BCUT2D eigenvalue weighted by Crippen LogP contribution is 2.24. The predicted molar refractivity (Wildman–Crippen MR) is 165 cm³/mol. The third-order valence-corrected chi connectivity index (χ3v) is 7.65. The zero-order valence-corrected chi connectivity index (χ0v) is 24.3. The fourth-order valence-corrected chi connectivity index (χ4v) is 5.26. The zero-order valence-electron chi connectivity index (χ0n) is 24.3. The van der Waals surface area contributed by atoms with Gasteiger partial charge in [0.15, 0.2) is 17.3 Å². The summed E-state index contributed by atoms with van der Waals surface area (Å²) in [5.74, 6) is -1.21. The van der Waals surface area contributed by atoms with Crippen LogP contribution in [0.1, 0.15) is 63.4 Å². The number of hydrogen-bond donors (Lipinski definition) is 2. The number of tetrazole rings is 1. The van der Waals surface area contributed by atoms with Crippen LogP contribution in [0.25, 0.3) is 11.4 Å². The lowest BCUT2D eigenvalue weighted by molar-refractivity contribution is -0.129. The van der Waals surface area contributed by atoms with Gasteiger partial charge in [-0.3, -0.25) is 14.4 Å². The Morgan fingerprint density at radius 3 is 2.09 bits per heavy atom. The van der Waals surface area contributed by atoms with Crippen molar-refractivity contribution < 1.29 is 19.5 Å². The van der Waals surface area contributed by atoms with Crippen molar-refractivity contribution in [3.05, 3.63) is 131 Å². The number of H-pyrrole nitrogens is 1. The van der Waals surface area contributed by atoms with Gasteiger partial charge in [-0.25, -0.2) is 4.98 Å². The molecular formula is C35H33N5O4. The number of carbonyl (C=O) groups excluding carboxylic acids is 3. The summed E-state index contributed by atoms with van der Waals surface area (Å²) in [5.41, 5.74) is 3.66.